The molecule has 0 aliphatic carbocycles. The molecule has 5 heteroatoms. The van der Waals surface area contributed by atoms with E-state index in [-0.39, 0.29) is 11.9 Å². The van der Waals surface area contributed by atoms with Crippen LogP contribution >= 0.6 is 0 Å². The highest BCUT2D eigenvalue weighted by molar-refractivity contribution is 5.95. The highest BCUT2D eigenvalue weighted by atomic mass is 16.5. The topological polar surface area (TPSA) is 59.6 Å². The molecule has 1 heterocycles. The number of carbonyl (C=O) groups is 1. The zero-order valence-electron chi connectivity index (χ0n) is 14.4. The van der Waals surface area contributed by atoms with Gasteiger partial charge in [-0.15, -0.1) is 0 Å². The summed E-state index contributed by atoms with van der Waals surface area (Å²) in [6.07, 6.45) is 3.04. The van der Waals surface area contributed by atoms with Crippen LogP contribution < -0.4 is 20.1 Å². The van der Waals surface area contributed by atoms with Crippen LogP contribution in [0.15, 0.2) is 18.2 Å². The fourth-order valence-electron chi connectivity index (χ4n) is 2.73. The summed E-state index contributed by atoms with van der Waals surface area (Å²) in [5.74, 6) is 1.67. The Balaban J connectivity index is 2.02. The summed E-state index contributed by atoms with van der Waals surface area (Å²) in [5.41, 5.74) is 0.607. The van der Waals surface area contributed by atoms with Crippen molar-refractivity contribution in [3.05, 3.63) is 23.8 Å². The first kappa shape index (κ1) is 17.6. The molecule has 2 atom stereocenters. The fourth-order valence-corrected chi connectivity index (χ4v) is 2.73. The Morgan fingerprint density at radius 3 is 2.91 bits per heavy atom. The minimum absolute atomic E-state index is 0.0536. The number of methoxy groups -OCH3 is 1. The summed E-state index contributed by atoms with van der Waals surface area (Å²) >= 11 is 0. The zero-order valence-corrected chi connectivity index (χ0v) is 14.4. The van der Waals surface area contributed by atoms with E-state index in [1.165, 1.54) is 0 Å². The average molecular weight is 320 g/mol. The van der Waals surface area contributed by atoms with E-state index in [1.54, 1.807) is 19.2 Å². The zero-order chi connectivity index (χ0) is 16.7. The molecule has 0 bridgehead atoms. The van der Waals surface area contributed by atoms with Crippen LogP contribution in [0.3, 0.4) is 0 Å². The number of unbranched alkanes of at least 4 members (excludes halogenated alkanes) is 1. The average Bonchev–Trinajstić information content (AvgIpc) is 2.57. The lowest BCUT2D eigenvalue weighted by Gasteiger charge is -2.30. The van der Waals surface area contributed by atoms with Gasteiger partial charge in [0.05, 0.1) is 13.7 Å². The van der Waals surface area contributed by atoms with Crippen molar-refractivity contribution >= 4 is 5.91 Å². The quantitative estimate of drug-likeness (QED) is 0.758. The second-order valence-corrected chi connectivity index (χ2v) is 6.12. The Labute approximate surface area is 138 Å². The number of carbonyl (C=O) groups excluding carboxylic acids is 1. The largest absolute Gasteiger partial charge is 0.493 e. The van der Waals surface area contributed by atoms with E-state index in [2.05, 4.69) is 24.5 Å². The molecule has 0 spiro atoms. The normalized spacial score (nSPS) is 20.8. The first-order valence-electron chi connectivity index (χ1n) is 8.48. The van der Waals surface area contributed by atoms with Gasteiger partial charge in [-0.05, 0) is 50.0 Å². The third-order valence-corrected chi connectivity index (χ3v) is 4.28. The maximum absolute atomic E-state index is 12.5. The lowest BCUT2D eigenvalue weighted by Crippen LogP contribution is -2.48. The first-order valence-corrected chi connectivity index (χ1v) is 8.48. The summed E-state index contributed by atoms with van der Waals surface area (Å²) in [4.78, 5) is 12.5. The van der Waals surface area contributed by atoms with Crippen molar-refractivity contribution in [3.8, 4) is 11.5 Å². The highest BCUT2D eigenvalue weighted by Crippen LogP contribution is 2.28. The van der Waals surface area contributed by atoms with Gasteiger partial charge >= 0.3 is 0 Å². The second-order valence-electron chi connectivity index (χ2n) is 6.12. The lowest BCUT2D eigenvalue weighted by atomic mass is 9.95. The molecule has 5 nitrogen and oxygen atoms in total. The van der Waals surface area contributed by atoms with Gasteiger partial charge in [-0.25, -0.2) is 0 Å². The lowest BCUT2D eigenvalue weighted by molar-refractivity contribution is 0.0914. The van der Waals surface area contributed by atoms with Crippen LogP contribution in [0.1, 0.15) is 43.5 Å². The number of benzene rings is 1. The van der Waals surface area contributed by atoms with Crippen molar-refractivity contribution in [3.63, 3.8) is 0 Å². The van der Waals surface area contributed by atoms with Crippen LogP contribution in [0.25, 0.3) is 0 Å². The van der Waals surface area contributed by atoms with Gasteiger partial charge in [-0.1, -0.05) is 20.3 Å². The van der Waals surface area contributed by atoms with Crippen LogP contribution in [0.2, 0.25) is 0 Å². The number of piperidine rings is 1. The number of rotatable bonds is 7. The molecular formula is C18H28N2O3. The molecule has 1 saturated heterocycles. The van der Waals surface area contributed by atoms with E-state index in [1.807, 2.05) is 6.07 Å². The van der Waals surface area contributed by atoms with Gasteiger partial charge in [-0.2, -0.15) is 0 Å². The van der Waals surface area contributed by atoms with Gasteiger partial charge in [0.2, 0.25) is 0 Å². The summed E-state index contributed by atoms with van der Waals surface area (Å²) in [5, 5.41) is 6.47. The van der Waals surface area contributed by atoms with Crippen molar-refractivity contribution in [2.75, 3.05) is 26.8 Å². The van der Waals surface area contributed by atoms with Gasteiger partial charge in [0.1, 0.15) is 0 Å². The molecule has 1 aromatic carbocycles. The SMILES string of the molecule is CCCCOc1ccc(C(=O)NC2CCNCC2C)cc1OC. The monoisotopic (exact) mass is 320 g/mol. The molecular weight excluding hydrogens is 292 g/mol. The number of nitrogens with one attached hydrogen (secondary N) is 2. The Morgan fingerprint density at radius 1 is 1.39 bits per heavy atom. The summed E-state index contributed by atoms with van der Waals surface area (Å²) in [6.45, 7) is 6.82. The molecule has 1 aliphatic rings. The molecule has 0 aromatic heterocycles. The molecule has 1 fully saturated rings. The summed E-state index contributed by atoms with van der Waals surface area (Å²) in [6, 6.07) is 5.58. The number of hydrogen-bond acceptors (Lipinski definition) is 4. The second kappa shape index (κ2) is 8.77. The van der Waals surface area contributed by atoms with Crippen molar-refractivity contribution in [2.24, 2.45) is 5.92 Å². The maximum atomic E-state index is 12.5. The minimum Gasteiger partial charge on any atom is -0.493 e. The number of amides is 1. The van der Waals surface area contributed by atoms with Gasteiger partial charge < -0.3 is 20.1 Å². The van der Waals surface area contributed by atoms with Gasteiger partial charge in [0.15, 0.2) is 11.5 Å². The summed E-state index contributed by atoms with van der Waals surface area (Å²) in [7, 11) is 1.60. The fraction of sp³-hybridized carbons (Fsp3) is 0.611. The predicted molar refractivity (Wildman–Crippen MR) is 91.3 cm³/mol. The number of hydrogen-bond donors (Lipinski definition) is 2. The van der Waals surface area contributed by atoms with Crippen molar-refractivity contribution < 1.29 is 14.3 Å². The minimum atomic E-state index is -0.0536. The van der Waals surface area contributed by atoms with Crippen LogP contribution in [0, 0.1) is 5.92 Å². The van der Waals surface area contributed by atoms with Crippen molar-refractivity contribution in [2.45, 2.75) is 39.2 Å². The van der Waals surface area contributed by atoms with Crippen LogP contribution in [0.5, 0.6) is 11.5 Å². The van der Waals surface area contributed by atoms with E-state index in [9.17, 15) is 4.79 Å². The van der Waals surface area contributed by atoms with E-state index < -0.39 is 0 Å². The van der Waals surface area contributed by atoms with Crippen LogP contribution in [0.4, 0.5) is 0 Å². The maximum Gasteiger partial charge on any atom is 0.251 e. The van der Waals surface area contributed by atoms with Gasteiger partial charge in [-0.3, -0.25) is 4.79 Å². The molecule has 0 radical (unpaired) electrons. The predicted octanol–water partition coefficient (Wildman–Crippen LogP) is 2.60. The Kier molecular flexibility index (Phi) is 6.71. The van der Waals surface area contributed by atoms with E-state index in [4.69, 9.17) is 9.47 Å². The Bertz CT molecular complexity index is 519. The standard InChI is InChI=1S/C18H28N2O3/c1-4-5-10-23-16-7-6-14(11-17(16)22-3)18(21)20-15-8-9-19-12-13(15)2/h6-7,11,13,15,19H,4-5,8-10,12H2,1-3H3,(H,20,21). The van der Waals surface area contributed by atoms with Crippen molar-refractivity contribution in [1.29, 1.82) is 0 Å². The number of ether oxygens (including phenoxy) is 2. The smallest absolute Gasteiger partial charge is 0.251 e. The van der Waals surface area contributed by atoms with Gasteiger partial charge in [0.25, 0.3) is 5.91 Å². The third-order valence-electron chi connectivity index (χ3n) is 4.28. The summed E-state index contributed by atoms with van der Waals surface area (Å²) < 4.78 is 11.1. The molecule has 2 unspecified atom stereocenters. The molecule has 1 amide bonds. The van der Waals surface area contributed by atoms with Gasteiger partial charge in [0, 0.05) is 11.6 Å². The molecule has 1 aromatic rings. The molecule has 2 rings (SSSR count). The van der Waals surface area contributed by atoms with E-state index in [0.717, 1.165) is 32.4 Å². The Morgan fingerprint density at radius 2 is 2.22 bits per heavy atom. The molecule has 23 heavy (non-hydrogen) atoms. The molecule has 128 valence electrons. The van der Waals surface area contributed by atoms with E-state index >= 15 is 0 Å². The van der Waals surface area contributed by atoms with Crippen LogP contribution in [-0.4, -0.2) is 38.8 Å². The first-order chi connectivity index (χ1) is 11.2. The van der Waals surface area contributed by atoms with Crippen LogP contribution in [-0.2, 0) is 0 Å². The molecule has 2 N–H and O–H groups in total. The third kappa shape index (κ3) is 4.86. The highest BCUT2D eigenvalue weighted by Gasteiger charge is 2.23. The van der Waals surface area contributed by atoms with Crippen molar-refractivity contribution in [1.82, 2.24) is 10.6 Å². The Hall–Kier alpha value is -1.75. The van der Waals surface area contributed by atoms with E-state index in [0.29, 0.717) is 29.6 Å². The molecule has 1 aliphatic heterocycles. The molecule has 0 saturated carbocycles.